The number of aliphatic hydroxyl groups excluding tert-OH is 2. The van der Waals surface area contributed by atoms with E-state index in [1.807, 2.05) is 6.92 Å². The lowest BCUT2D eigenvalue weighted by atomic mass is 9.64. The van der Waals surface area contributed by atoms with E-state index >= 15 is 0 Å². The van der Waals surface area contributed by atoms with E-state index in [-0.39, 0.29) is 28.8 Å². The molecule has 0 bridgehead atoms. The van der Waals surface area contributed by atoms with Crippen LogP contribution in [0.3, 0.4) is 0 Å². The van der Waals surface area contributed by atoms with E-state index in [1.165, 1.54) is 6.07 Å². The lowest BCUT2D eigenvalue weighted by Crippen LogP contribution is -2.65. The molecule has 1 heterocycles. The Hall–Kier alpha value is -1.59. The molecule has 3 rings (SSSR count). The zero-order valence-electron chi connectivity index (χ0n) is 11.4. The number of Topliss-reactive ketones (excluding diaryl/α,β-unsaturated/α-hetero) is 1. The molecule has 5 heteroatoms. The highest BCUT2D eigenvalue weighted by atomic mass is 16.5. The third-order valence-electron chi connectivity index (χ3n) is 4.60. The minimum atomic E-state index is -1.17. The second kappa shape index (κ2) is 4.20. The van der Waals surface area contributed by atoms with Crippen molar-refractivity contribution in [3.05, 3.63) is 23.8 Å². The molecule has 1 aromatic rings. The molecule has 1 saturated carbocycles. The van der Waals surface area contributed by atoms with Gasteiger partial charge in [-0.25, -0.2) is 0 Å². The normalized spacial score (nSPS) is 39.7. The number of ether oxygens (including phenoxy) is 1. The number of hydrogen-bond acceptors (Lipinski definition) is 5. The maximum Gasteiger partial charge on any atom is 0.180 e. The topological polar surface area (TPSA) is 87.0 Å². The molecule has 3 N–H and O–H groups in total. The van der Waals surface area contributed by atoms with Crippen molar-refractivity contribution in [2.24, 2.45) is 11.8 Å². The summed E-state index contributed by atoms with van der Waals surface area (Å²) in [5, 5.41) is 30.5. The van der Waals surface area contributed by atoms with E-state index in [1.54, 1.807) is 19.1 Å². The van der Waals surface area contributed by atoms with Gasteiger partial charge in [0.25, 0.3) is 0 Å². The fourth-order valence-corrected chi connectivity index (χ4v) is 3.58. The summed E-state index contributed by atoms with van der Waals surface area (Å²) < 4.78 is 5.84. The smallest absolute Gasteiger partial charge is 0.180 e. The first kappa shape index (κ1) is 13.4. The van der Waals surface area contributed by atoms with E-state index < -0.39 is 23.7 Å². The number of hydrogen-bond donors (Lipinski definition) is 3. The number of ketones is 1. The van der Waals surface area contributed by atoms with Crippen molar-refractivity contribution in [2.75, 3.05) is 0 Å². The first-order chi connectivity index (χ1) is 9.36. The zero-order chi connectivity index (χ0) is 14.7. The van der Waals surface area contributed by atoms with Crippen molar-refractivity contribution in [1.29, 1.82) is 0 Å². The zero-order valence-corrected chi connectivity index (χ0v) is 11.4. The predicted octanol–water partition coefficient (Wildman–Crippen LogP) is 1.10. The number of phenolic OH excluding ortho intramolecular Hbond substituents is 1. The average Bonchev–Trinajstić information content (AvgIpc) is 2.35. The lowest BCUT2D eigenvalue weighted by molar-refractivity contribution is -0.157. The average molecular weight is 278 g/mol. The summed E-state index contributed by atoms with van der Waals surface area (Å²) in [7, 11) is 0. The van der Waals surface area contributed by atoms with Crippen LogP contribution < -0.4 is 4.74 Å². The number of carbonyl (C=O) groups excluding carboxylic acids is 1. The number of benzene rings is 1. The van der Waals surface area contributed by atoms with Gasteiger partial charge in [-0.05, 0) is 31.4 Å². The summed E-state index contributed by atoms with van der Waals surface area (Å²) in [6.07, 6.45) is -1.41. The Morgan fingerprint density at radius 1 is 1.35 bits per heavy atom. The van der Waals surface area contributed by atoms with Crippen LogP contribution >= 0.6 is 0 Å². The number of fused-ring (bicyclic) bond motifs is 2. The minimum absolute atomic E-state index is 0.0933. The third kappa shape index (κ3) is 1.60. The van der Waals surface area contributed by atoms with E-state index in [9.17, 15) is 20.1 Å². The highest BCUT2D eigenvalue weighted by molar-refractivity contribution is 6.04. The van der Waals surface area contributed by atoms with Gasteiger partial charge in [-0.3, -0.25) is 4.79 Å². The SMILES string of the molecule is C[C@H]1C[C@H](O)[C@@H]2C(=O)c3c(O)cccc3O[C@]2(C)[C@H]1O. The van der Waals surface area contributed by atoms with Gasteiger partial charge in [-0.15, -0.1) is 0 Å². The van der Waals surface area contributed by atoms with Gasteiger partial charge in [-0.1, -0.05) is 13.0 Å². The maximum absolute atomic E-state index is 12.6. The molecular formula is C15H18O5. The number of phenols is 1. The van der Waals surface area contributed by atoms with Crippen LogP contribution in [-0.2, 0) is 0 Å². The number of rotatable bonds is 0. The molecule has 1 aliphatic heterocycles. The Balaban J connectivity index is 2.16. The summed E-state index contributed by atoms with van der Waals surface area (Å²) in [6, 6.07) is 4.59. The van der Waals surface area contributed by atoms with Crippen molar-refractivity contribution in [1.82, 2.24) is 0 Å². The standard InChI is InChI=1S/C15H18O5/c1-7-6-9(17)12-13(18)11-8(16)4-3-5-10(11)20-15(12,2)14(7)19/h3-5,7,9,12,14,16-17,19H,6H2,1-2H3/t7-,9-,12+,14-,15-/m0/s1. The van der Waals surface area contributed by atoms with Gasteiger partial charge in [0, 0.05) is 0 Å². The monoisotopic (exact) mass is 278 g/mol. The van der Waals surface area contributed by atoms with Gasteiger partial charge in [0.15, 0.2) is 5.78 Å². The molecule has 2 aliphatic rings. The summed E-state index contributed by atoms with van der Waals surface area (Å²) >= 11 is 0. The van der Waals surface area contributed by atoms with E-state index in [0.29, 0.717) is 6.42 Å². The minimum Gasteiger partial charge on any atom is -0.507 e. The van der Waals surface area contributed by atoms with Gasteiger partial charge in [0.05, 0.1) is 18.1 Å². The highest BCUT2D eigenvalue weighted by Crippen LogP contribution is 2.48. The Bertz CT molecular complexity index is 569. The molecular weight excluding hydrogens is 260 g/mol. The van der Waals surface area contributed by atoms with Crippen LogP contribution in [0.2, 0.25) is 0 Å². The molecule has 20 heavy (non-hydrogen) atoms. The van der Waals surface area contributed by atoms with Gasteiger partial charge in [0.1, 0.15) is 22.7 Å². The molecule has 0 saturated heterocycles. The van der Waals surface area contributed by atoms with Gasteiger partial charge in [-0.2, -0.15) is 0 Å². The van der Waals surface area contributed by atoms with Crippen molar-refractivity contribution < 1.29 is 24.9 Å². The van der Waals surface area contributed by atoms with Crippen LogP contribution in [0.15, 0.2) is 18.2 Å². The summed E-state index contributed by atoms with van der Waals surface area (Å²) in [5.74, 6) is -1.30. The van der Waals surface area contributed by atoms with Gasteiger partial charge < -0.3 is 20.1 Å². The number of aromatic hydroxyl groups is 1. The van der Waals surface area contributed by atoms with Crippen molar-refractivity contribution >= 4 is 5.78 Å². The summed E-state index contributed by atoms with van der Waals surface area (Å²) in [5.41, 5.74) is -1.08. The molecule has 108 valence electrons. The third-order valence-corrected chi connectivity index (χ3v) is 4.60. The number of carbonyl (C=O) groups is 1. The lowest BCUT2D eigenvalue weighted by Gasteiger charge is -2.51. The van der Waals surface area contributed by atoms with E-state index in [2.05, 4.69) is 0 Å². The molecule has 0 amide bonds. The van der Waals surface area contributed by atoms with Crippen LogP contribution in [0, 0.1) is 11.8 Å². The van der Waals surface area contributed by atoms with Crippen molar-refractivity contribution in [3.8, 4) is 11.5 Å². The molecule has 0 spiro atoms. The maximum atomic E-state index is 12.6. The summed E-state index contributed by atoms with van der Waals surface area (Å²) in [6.45, 7) is 3.47. The molecule has 5 atom stereocenters. The van der Waals surface area contributed by atoms with Gasteiger partial charge in [0.2, 0.25) is 0 Å². The Labute approximate surface area is 116 Å². The van der Waals surface area contributed by atoms with E-state index in [0.717, 1.165) is 0 Å². The Morgan fingerprint density at radius 2 is 2.05 bits per heavy atom. The quantitative estimate of drug-likeness (QED) is 0.661. The fourth-order valence-electron chi connectivity index (χ4n) is 3.58. The largest absolute Gasteiger partial charge is 0.507 e. The second-order valence-corrected chi connectivity index (χ2v) is 6.00. The molecule has 1 aliphatic carbocycles. The van der Waals surface area contributed by atoms with Crippen LogP contribution in [0.4, 0.5) is 0 Å². The first-order valence-electron chi connectivity index (χ1n) is 6.77. The first-order valence-corrected chi connectivity index (χ1v) is 6.77. The molecule has 0 radical (unpaired) electrons. The second-order valence-electron chi connectivity index (χ2n) is 6.00. The van der Waals surface area contributed by atoms with Crippen molar-refractivity contribution in [3.63, 3.8) is 0 Å². The van der Waals surface area contributed by atoms with E-state index in [4.69, 9.17) is 4.74 Å². The molecule has 1 aromatic carbocycles. The molecule has 5 nitrogen and oxygen atoms in total. The van der Waals surface area contributed by atoms with Crippen LogP contribution in [0.5, 0.6) is 11.5 Å². The van der Waals surface area contributed by atoms with Crippen molar-refractivity contribution in [2.45, 2.75) is 38.1 Å². The highest BCUT2D eigenvalue weighted by Gasteiger charge is 2.58. The molecule has 1 fully saturated rings. The molecule has 0 aromatic heterocycles. The molecule has 0 unspecified atom stereocenters. The Morgan fingerprint density at radius 3 is 2.75 bits per heavy atom. The van der Waals surface area contributed by atoms with Gasteiger partial charge >= 0.3 is 0 Å². The Kier molecular flexibility index (Phi) is 2.81. The number of aliphatic hydroxyl groups is 2. The fraction of sp³-hybridized carbons (Fsp3) is 0.533. The predicted molar refractivity (Wildman–Crippen MR) is 70.8 cm³/mol. The van der Waals surface area contributed by atoms with Crippen LogP contribution in [0.25, 0.3) is 0 Å². The van der Waals surface area contributed by atoms with Crippen LogP contribution in [-0.4, -0.2) is 38.9 Å². The summed E-state index contributed by atoms with van der Waals surface area (Å²) in [4.78, 5) is 12.6. The van der Waals surface area contributed by atoms with Crippen LogP contribution in [0.1, 0.15) is 30.6 Å².